The highest BCUT2D eigenvalue weighted by Crippen LogP contribution is 2.50. The predicted octanol–water partition coefficient (Wildman–Crippen LogP) is 3.22. The summed E-state index contributed by atoms with van der Waals surface area (Å²) >= 11 is 0. The number of nitriles is 1. The lowest BCUT2D eigenvalue weighted by atomic mass is 10.0. The van der Waals surface area contributed by atoms with Gasteiger partial charge in [0.2, 0.25) is 5.91 Å². The lowest BCUT2D eigenvalue weighted by molar-refractivity contribution is -0.140. The zero-order chi connectivity index (χ0) is 21.6. The number of pyridine rings is 1. The molecule has 2 unspecified atom stereocenters. The second-order valence-corrected chi connectivity index (χ2v) is 8.92. The van der Waals surface area contributed by atoms with E-state index < -0.39 is 5.60 Å². The van der Waals surface area contributed by atoms with Crippen LogP contribution in [0, 0.1) is 23.1 Å². The maximum Gasteiger partial charge on any atom is 0.248 e. The Balaban J connectivity index is 1.25. The molecule has 2 aromatic rings. The van der Waals surface area contributed by atoms with Gasteiger partial charge in [-0.05, 0) is 43.4 Å². The van der Waals surface area contributed by atoms with E-state index in [1.807, 2.05) is 11.0 Å². The molecule has 160 valence electrons. The number of nitrogens with zero attached hydrogens (tertiary/aromatic N) is 4. The van der Waals surface area contributed by atoms with Crippen LogP contribution in [0.3, 0.4) is 0 Å². The molecule has 1 amide bonds. The molecule has 1 saturated carbocycles. The van der Waals surface area contributed by atoms with Crippen LogP contribution in [-0.4, -0.2) is 47.6 Å². The molecule has 1 aromatic carbocycles. The number of fused-ring (bicyclic) bond motifs is 2. The van der Waals surface area contributed by atoms with Crippen LogP contribution in [0.1, 0.15) is 37.3 Å². The number of ether oxygens (including phenoxy) is 1. The third-order valence-electron chi connectivity index (χ3n) is 6.92. The molecule has 1 aliphatic carbocycles. The van der Waals surface area contributed by atoms with E-state index >= 15 is 0 Å². The molecule has 2 aliphatic heterocycles. The van der Waals surface area contributed by atoms with Crippen LogP contribution < -0.4 is 4.90 Å². The molecule has 31 heavy (non-hydrogen) atoms. The average Bonchev–Trinajstić information content (AvgIpc) is 3.54. The largest absolute Gasteiger partial charge is 0.360 e. The Morgan fingerprint density at radius 1 is 1.29 bits per heavy atom. The first-order valence-electron chi connectivity index (χ1n) is 10.8. The summed E-state index contributed by atoms with van der Waals surface area (Å²) in [4.78, 5) is 21.6. The first-order chi connectivity index (χ1) is 15.0. The first kappa shape index (κ1) is 20.0. The molecule has 6 nitrogen and oxygen atoms in total. The fourth-order valence-corrected chi connectivity index (χ4v) is 5.12. The van der Waals surface area contributed by atoms with Crippen LogP contribution in [0.5, 0.6) is 0 Å². The number of carbonyl (C=O) groups excluding carboxylic acids is 1. The van der Waals surface area contributed by atoms with Crippen molar-refractivity contribution in [3.8, 4) is 6.07 Å². The number of benzene rings is 1. The van der Waals surface area contributed by atoms with Crippen LogP contribution in [0.15, 0.2) is 42.6 Å². The normalized spacial score (nSPS) is 25.9. The molecule has 0 radical (unpaired) electrons. The van der Waals surface area contributed by atoms with E-state index in [2.05, 4.69) is 22.9 Å². The van der Waals surface area contributed by atoms with Gasteiger partial charge in [0.25, 0.3) is 0 Å². The Morgan fingerprint density at radius 2 is 2.10 bits per heavy atom. The first-order valence-corrected chi connectivity index (χ1v) is 10.8. The minimum atomic E-state index is -0.651. The fourth-order valence-electron chi connectivity index (χ4n) is 5.12. The van der Waals surface area contributed by atoms with Crippen molar-refractivity contribution in [1.29, 1.82) is 5.26 Å². The second-order valence-electron chi connectivity index (χ2n) is 8.92. The highest BCUT2D eigenvalue weighted by molar-refractivity contribution is 5.78. The average molecular weight is 420 g/mol. The highest BCUT2D eigenvalue weighted by atomic mass is 19.1. The Morgan fingerprint density at radius 3 is 2.74 bits per heavy atom. The van der Waals surface area contributed by atoms with Crippen LogP contribution in [0.2, 0.25) is 0 Å². The molecular weight excluding hydrogens is 395 g/mol. The zero-order valence-corrected chi connectivity index (χ0v) is 17.5. The van der Waals surface area contributed by atoms with Gasteiger partial charge in [0.15, 0.2) is 0 Å². The number of hydrogen-bond donors (Lipinski definition) is 0. The summed E-state index contributed by atoms with van der Waals surface area (Å²) in [5.74, 6) is 0.981. The summed E-state index contributed by atoms with van der Waals surface area (Å²) in [6, 6.07) is 12.8. The number of rotatable bonds is 5. The van der Waals surface area contributed by atoms with Gasteiger partial charge in [-0.3, -0.25) is 4.79 Å². The van der Waals surface area contributed by atoms with E-state index in [0.717, 1.165) is 25.1 Å². The number of likely N-dealkylation sites (tertiary alicyclic amines) is 1. The molecule has 0 spiro atoms. The van der Waals surface area contributed by atoms with Crippen molar-refractivity contribution >= 4 is 11.7 Å². The molecule has 1 aromatic heterocycles. The van der Waals surface area contributed by atoms with Gasteiger partial charge in [0.05, 0.1) is 17.2 Å². The van der Waals surface area contributed by atoms with Gasteiger partial charge in [-0.15, -0.1) is 0 Å². The maximum absolute atomic E-state index is 14.2. The van der Waals surface area contributed by atoms with Gasteiger partial charge in [-0.25, -0.2) is 9.37 Å². The number of amides is 1. The third-order valence-corrected chi connectivity index (χ3v) is 6.92. The Labute approximate surface area is 181 Å². The summed E-state index contributed by atoms with van der Waals surface area (Å²) in [6.45, 7) is 3.42. The smallest absolute Gasteiger partial charge is 0.248 e. The van der Waals surface area contributed by atoms with Gasteiger partial charge < -0.3 is 14.5 Å². The zero-order valence-electron chi connectivity index (χ0n) is 17.5. The van der Waals surface area contributed by atoms with Gasteiger partial charge >= 0.3 is 0 Å². The molecular formula is C24H25FN4O2. The van der Waals surface area contributed by atoms with E-state index in [9.17, 15) is 9.18 Å². The molecule has 7 heteroatoms. The molecule has 5 rings (SSSR count). The Bertz CT molecular complexity index is 1030. The lowest BCUT2D eigenvalue weighted by Crippen LogP contribution is -2.57. The molecule has 3 fully saturated rings. The van der Waals surface area contributed by atoms with Crippen LogP contribution >= 0.6 is 0 Å². The SMILES string of the molecule is C[C@H]1CC2CN(C(=O)COC3(c4ccccc4F)CC3)CC1N2c1ccc(C#N)cn1. The topological polar surface area (TPSA) is 69.5 Å². The van der Waals surface area contributed by atoms with Crippen molar-refractivity contribution in [2.45, 2.75) is 43.9 Å². The minimum absolute atomic E-state index is 0.0305. The molecule has 3 aliphatic rings. The summed E-state index contributed by atoms with van der Waals surface area (Å²) < 4.78 is 20.2. The van der Waals surface area contributed by atoms with Gasteiger partial charge in [-0.2, -0.15) is 5.26 Å². The van der Waals surface area contributed by atoms with E-state index in [4.69, 9.17) is 10.00 Å². The lowest BCUT2D eigenvalue weighted by Gasteiger charge is -2.42. The minimum Gasteiger partial charge on any atom is -0.360 e. The van der Waals surface area contributed by atoms with E-state index in [-0.39, 0.29) is 30.4 Å². The summed E-state index contributed by atoms with van der Waals surface area (Å²) in [5, 5.41) is 9.01. The Hall–Kier alpha value is -2.98. The van der Waals surface area contributed by atoms with Crippen LogP contribution in [0.4, 0.5) is 10.2 Å². The predicted molar refractivity (Wildman–Crippen MR) is 113 cm³/mol. The fraction of sp³-hybridized carbons (Fsp3) is 0.458. The number of carbonyl (C=O) groups is 1. The highest BCUT2D eigenvalue weighted by Gasteiger charge is 2.49. The second kappa shape index (κ2) is 7.61. The molecule has 2 bridgehead atoms. The van der Waals surface area contributed by atoms with Crippen molar-refractivity contribution in [2.75, 3.05) is 24.6 Å². The van der Waals surface area contributed by atoms with Crippen molar-refractivity contribution in [2.24, 2.45) is 5.92 Å². The molecule has 3 heterocycles. The van der Waals surface area contributed by atoms with Crippen LogP contribution in [-0.2, 0) is 15.1 Å². The monoisotopic (exact) mass is 420 g/mol. The van der Waals surface area contributed by atoms with E-state index in [0.29, 0.717) is 30.1 Å². The number of aromatic nitrogens is 1. The maximum atomic E-state index is 14.2. The summed E-state index contributed by atoms with van der Waals surface area (Å²) in [7, 11) is 0. The number of halogens is 1. The quantitative estimate of drug-likeness (QED) is 0.743. The van der Waals surface area contributed by atoms with E-state index in [1.54, 1.807) is 30.5 Å². The van der Waals surface area contributed by atoms with Gasteiger partial charge in [-0.1, -0.05) is 25.1 Å². The van der Waals surface area contributed by atoms with Gasteiger partial charge in [0, 0.05) is 30.9 Å². The van der Waals surface area contributed by atoms with Crippen LogP contribution in [0.25, 0.3) is 0 Å². The van der Waals surface area contributed by atoms with Gasteiger partial charge in [0.1, 0.15) is 24.3 Å². The summed E-state index contributed by atoms with van der Waals surface area (Å²) in [5.41, 5.74) is 0.439. The molecule has 0 N–H and O–H groups in total. The van der Waals surface area contributed by atoms with E-state index in [1.165, 1.54) is 6.07 Å². The third kappa shape index (κ3) is 3.55. The van der Waals surface area contributed by atoms with Crippen molar-refractivity contribution in [3.05, 3.63) is 59.5 Å². The molecule has 3 atom stereocenters. The van der Waals surface area contributed by atoms with Crippen molar-refractivity contribution in [3.63, 3.8) is 0 Å². The van der Waals surface area contributed by atoms with Crippen molar-refractivity contribution < 1.29 is 13.9 Å². The summed E-state index contributed by atoms with van der Waals surface area (Å²) in [6.07, 6.45) is 4.07. The Kier molecular flexibility index (Phi) is 4.90. The number of piperazine rings is 1. The number of anilines is 1. The standard InChI is InChI=1S/C24H25FN4O2/c1-16-10-18-13-28(14-21(16)29(18)22-7-6-17(11-26)12-27-22)23(30)15-31-24(8-9-24)19-4-2-3-5-20(19)25/h2-7,12,16,18,21H,8-10,13-15H2,1H3/t16-,18?,21?/m0/s1. The van der Waals surface area contributed by atoms with Crippen molar-refractivity contribution in [1.82, 2.24) is 9.88 Å². The molecule has 2 saturated heterocycles. The number of hydrogen-bond acceptors (Lipinski definition) is 5.